The van der Waals surface area contributed by atoms with E-state index in [1.807, 2.05) is 37.3 Å². The zero-order chi connectivity index (χ0) is 11.1. The van der Waals surface area contributed by atoms with Gasteiger partial charge in [0, 0.05) is 0 Å². The number of alkyl halides is 2. The monoisotopic (exact) mass is 213 g/mol. The van der Waals surface area contributed by atoms with Gasteiger partial charge in [-0.3, -0.25) is 0 Å². The number of hydrogen-bond donors (Lipinski definition) is 1. The number of rotatable bonds is 6. The van der Waals surface area contributed by atoms with E-state index >= 15 is 0 Å². The van der Waals surface area contributed by atoms with E-state index in [-0.39, 0.29) is 0 Å². The Labute approximate surface area is 89.5 Å². The summed E-state index contributed by atoms with van der Waals surface area (Å²) in [4.78, 5) is 0. The van der Waals surface area contributed by atoms with Crippen LogP contribution in [-0.4, -0.2) is 19.0 Å². The lowest BCUT2D eigenvalue weighted by atomic mass is 10.1. The Bertz CT molecular complexity index is 262. The molecular weight excluding hydrogens is 196 g/mol. The van der Waals surface area contributed by atoms with Crippen LogP contribution < -0.4 is 5.32 Å². The summed E-state index contributed by atoms with van der Waals surface area (Å²) < 4.78 is 25.1. The van der Waals surface area contributed by atoms with Gasteiger partial charge < -0.3 is 5.32 Å². The molecule has 0 spiro atoms. The van der Waals surface area contributed by atoms with Gasteiger partial charge in [-0.05, 0) is 24.9 Å². The van der Waals surface area contributed by atoms with Crippen LogP contribution in [0.1, 0.15) is 18.9 Å². The molecule has 0 amide bonds. The van der Waals surface area contributed by atoms with E-state index in [1.54, 1.807) is 0 Å². The maximum absolute atomic E-state index is 12.5. The fourth-order valence-corrected chi connectivity index (χ4v) is 1.55. The number of hydrogen-bond acceptors (Lipinski definition) is 1. The fourth-order valence-electron chi connectivity index (χ4n) is 1.55. The van der Waals surface area contributed by atoms with Crippen LogP contribution in [0.15, 0.2) is 30.3 Å². The second-order valence-corrected chi connectivity index (χ2v) is 3.52. The van der Waals surface area contributed by atoms with Crippen LogP contribution >= 0.6 is 0 Å². The standard InChI is InChI=1S/C12H17F2N/c1-2-15-11(12(13)14)9-8-10-6-4-3-5-7-10/h3-7,11-12,15H,2,8-9H2,1H3. The van der Waals surface area contributed by atoms with Crippen molar-refractivity contribution in [3.05, 3.63) is 35.9 Å². The van der Waals surface area contributed by atoms with Crippen molar-refractivity contribution >= 4 is 0 Å². The maximum atomic E-state index is 12.5. The summed E-state index contributed by atoms with van der Waals surface area (Å²) >= 11 is 0. The minimum atomic E-state index is -2.28. The van der Waals surface area contributed by atoms with Gasteiger partial charge in [0.15, 0.2) is 0 Å². The fraction of sp³-hybridized carbons (Fsp3) is 0.500. The van der Waals surface area contributed by atoms with E-state index < -0.39 is 12.5 Å². The highest BCUT2D eigenvalue weighted by molar-refractivity contribution is 5.14. The van der Waals surface area contributed by atoms with Gasteiger partial charge in [-0.1, -0.05) is 37.3 Å². The van der Waals surface area contributed by atoms with Crippen molar-refractivity contribution in [2.75, 3.05) is 6.54 Å². The Balaban J connectivity index is 2.40. The molecule has 1 aromatic carbocycles. The largest absolute Gasteiger partial charge is 0.309 e. The van der Waals surface area contributed by atoms with Crippen molar-refractivity contribution in [3.8, 4) is 0 Å². The van der Waals surface area contributed by atoms with Crippen LogP contribution in [0.4, 0.5) is 8.78 Å². The number of nitrogens with one attached hydrogen (secondary N) is 1. The molecule has 0 radical (unpaired) electrons. The second kappa shape index (κ2) is 6.51. The molecule has 0 aromatic heterocycles. The first kappa shape index (κ1) is 12.1. The second-order valence-electron chi connectivity index (χ2n) is 3.52. The smallest absolute Gasteiger partial charge is 0.253 e. The normalized spacial score (nSPS) is 13.1. The lowest BCUT2D eigenvalue weighted by molar-refractivity contribution is 0.0951. The Morgan fingerprint density at radius 3 is 2.40 bits per heavy atom. The van der Waals surface area contributed by atoms with E-state index in [0.717, 1.165) is 5.56 Å². The maximum Gasteiger partial charge on any atom is 0.253 e. The molecule has 1 aromatic rings. The Morgan fingerprint density at radius 2 is 1.87 bits per heavy atom. The van der Waals surface area contributed by atoms with Crippen LogP contribution in [0.2, 0.25) is 0 Å². The summed E-state index contributed by atoms with van der Waals surface area (Å²) in [6.45, 7) is 2.43. The van der Waals surface area contributed by atoms with Crippen molar-refractivity contribution in [3.63, 3.8) is 0 Å². The van der Waals surface area contributed by atoms with Crippen molar-refractivity contribution < 1.29 is 8.78 Å². The van der Waals surface area contributed by atoms with Crippen LogP contribution in [0, 0.1) is 0 Å². The first-order valence-electron chi connectivity index (χ1n) is 5.29. The van der Waals surface area contributed by atoms with E-state index in [9.17, 15) is 8.78 Å². The third-order valence-corrected chi connectivity index (χ3v) is 2.36. The predicted octanol–water partition coefficient (Wildman–Crippen LogP) is 2.86. The van der Waals surface area contributed by atoms with E-state index in [2.05, 4.69) is 5.32 Å². The van der Waals surface area contributed by atoms with Gasteiger partial charge in [-0.2, -0.15) is 0 Å². The van der Waals surface area contributed by atoms with Gasteiger partial charge in [0.25, 0.3) is 6.43 Å². The summed E-state index contributed by atoms with van der Waals surface area (Å²) in [5.74, 6) is 0. The highest BCUT2D eigenvalue weighted by Crippen LogP contribution is 2.10. The average molecular weight is 213 g/mol. The lowest BCUT2D eigenvalue weighted by Crippen LogP contribution is -2.35. The SMILES string of the molecule is CCNC(CCc1ccccc1)C(F)F. The predicted molar refractivity (Wildman–Crippen MR) is 58.2 cm³/mol. The highest BCUT2D eigenvalue weighted by Gasteiger charge is 2.18. The van der Waals surface area contributed by atoms with E-state index in [1.165, 1.54) is 0 Å². The number of benzene rings is 1. The zero-order valence-electron chi connectivity index (χ0n) is 8.92. The molecule has 0 fully saturated rings. The summed E-state index contributed by atoms with van der Waals surface area (Å²) in [6, 6.07) is 9.04. The van der Waals surface area contributed by atoms with Gasteiger partial charge in [0.1, 0.15) is 0 Å². The Morgan fingerprint density at radius 1 is 1.20 bits per heavy atom. The topological polar surface area (TPSA) is 12.0 Å². The summed E-state index contributed by atoms with van der Waals surface area (Å²) in [5, 5.41) is 2.80. The third kappa shape index (κ3) is 4.38. The highest BCUT2D eigenvalue weighted by atomic mass is 19.3. The molecule has 1 rings (SSSR count). The van der Waals surface area contributed by atoms with Crippen molar-refractivity contribution in [2.24, 2.45) is 0 Å². The summed E-state index contributed by atoms with van der Waals surface area (Å²) in [6.07, 6.45) is -1.10. The Kier molecular flexibility index (Phi) is 5.26. The van der Waals surface area contributed by atoms with Gasteiger partial charge in [-0.15, -0.1) is 0 Å². The van der Waals surface area contributed by atoms with Crippen LogP contribution in [-0.2, 0) is 6.42 Å². The molecule has 1 atom stereocenters. The Hall–Kier alpha value is -0.960. The molecule has 84 valence electrons. The average Bonchev–Trinajstić information content (AvgIpc) is 2.25. The van der Waals surface area contributed by atoms with Crippen LogP contribution in [0.25, 0.3) is 0 Å². The molecule has 3 heteroatoms. The van der Waals surface area contributed by atoms with Gasteiger partial charge in [0.2, 0.25) is 0 Å². The quantitative estimate of drug-likeness (QED) is 0.766. The summed E-state index contributed by atoms with van der Waals surface area (Å²) in [5.41, 5.74) is 1.11. The van der Waals surface area contributed by atoms with Crippen LogP contribution in [0.3, 0.4) is 0 Å². The molecular formula is C12H17F2N. The first-order chi connectivity index (χ1) is 7.24. The van der Waals surface area contributed by atoms with Gasteiger partial charge in [-0.25, -0.2) is 8.78 Å². The molecule has 0 heterocycles. The molecule has 15 heavy (non-hydrogen) atoms. The molecule has 1 nitrogen and oxygen atoms in total. The molecule has 0 aliphatic carbocycles. The molecule has 1 unspecified atom stereocenters. The number of aryl methyl sites for hydroxylation is 1. The molecule has 0 saturated carbocycles. The first-order valence-corrected chi connectivity index (χ1v) is 5.29. The van der Waals surface area contributed by atoms with E-state index in [0.29, 0.717) is 19.4 Å². The summed E-state index contributed by atoms with van der Waals surface area (Å²) in [7, 11) is 0. The van der Waals surface area contributed by atoms with Crippen molar-refractivity contribution in [1.82, 2.24) is 5.32 Å². The molecule has 1 N–H and O–H groups in total. The zero-order valence-corrected chi connectivity index (χ0v) is 8.92. The van der Waals surface area contributed by atoms with Crippen molar-refractivity contribution in [2.45, 2.75) is 32.2 Å². The van der Waals surface area contributed by atoms with Crippen molar-refractivity contribution in [1.29, 1.82) is 0 Å². The van der Waals surface area contributed by atoms with Gasteiger partial charge in [0.05, 0.1) is 6.04 Å². The lowest BCUT2D eigenvalue weighted by Gasteiger charge is -2.16. The molecule has 0 bridgehead atoms. The minimum absolute atomic E-state index is 0.482. The van der Waals surface area contributed by atoms with E-state index in [4.69, 9.17) is 0 Å². The molecule has 0 aliphatic heterocycles. The van der Waals surface area contributed by atoms with Gasteiger partial charge >= 0.3 is 0 Å². The minimum Gasteiger partial charge on any atom is -0.309 e. The number of halogens is 2. The molecule has 0 aliphatic rings. The van der Waals surface area contributed by atoms with Crippen LogP contribution in [0.5, 0.6) is 0 Å². The third-order valence-electron chi connectivity index (χ3n) is 2.36. The molecule has 0 saturated heterocycles.